The first kappa shape index (κ1) is 23.1. The molecule has 1 N–H and O–H groups in total. The molecule has 1 heterocycles. The van der Waals surface area contributed by atoms with Crippen LogP contribution in [0.2, 0.25) is 0 Å². The zero-order valence-electron chi connectivity index (χ0n) is 19.6. The van der Waals surface area contributed by atoms with Gasteiger partial charge < -0.3 is 19.7 Å². The minimum atomic E-state index is -0.528. The normalized spacial score (nSPS) is 16.3. The highest BCUT2D eigenvalue weighted by Crippen LogP contribution is 2.31. The summed E-state index contributed by atoms with van der Waals surface area (Å²) in [5.74, 6) is 1.38. The van der Waals surface area contributed by atoms with E-state index < -0.39 is 6.04 Å². The number of hydrogen-bond acceptors (Lipinski definition) is 4. The summed E-state index contributed by atoms with van der Waals surface area (Å²) in [6.07, 6.45) is 5.26. The molecular formula is C27H34N2O4. The Kier molecular flexibility index (Phi) is 7.53. The van der Waals surface area contributed by atoms with Gasteiger partial charge in [0, 0.05) is 19.0 Å². The molecular weight excluding hydrogens is 416 g/mol. The topological polar surface area (TPSA) is 67.9 Å². The smallest absolute Gasteiger partial charge is 0.242 e. The second-order valence-corrected chi connectivity index (χ2v) is 9.15. The molecule has 2 amide bonds. The molecule has 176 valence electrons. The first-order valence-electron chi connectivity index (χ1n) is 12.0. The number of ether oxygens (including phenoxy) is 2. The zero-order chi connectivity index (χ0) is 23.2. The summed E-state index contributed by atoms with van der Waals surface area (Å²) >= 11 is 0. The van der Waals surface area contributed by atoms with Gasteiger partial charge in [-0.25, -0.2) is 0 Å². The molecule has 1 atom stereocenters. The Morgan fingerprint density at radius 1 is 1.00 bits per heavy atom. The number of hydrogen-bond donors (Lipinski definition) is 1. The van der Waals surface area contributed by atoms with E-state index in [2.05, 4.69) is 5.32 Å². The molecule has 0 unspecified atom stereocenters. The number of aryl methyl sites for hydroxylation is 2. The second-order valence-electron chi connectivity index (χ2n) is 9.15. The van der Waals surface area contributed by atoms with Gasteiger partial charge in [-0.3, -0.25) is 9.59 Å². The lowest BCUT2D eigenvalue weighted by Crippen LogP contribution is -2.49. The number of fused-ring (bicyclic) bond motifs is 1. The van der Waals surface area contributed by atoms with Crippen molar-refractivity contribution >= 4 is 11.8 Å². The molecule has 1 aliphatic carbocycles. The number of nitrogens with zero attached hydrogens (tertiary/aromatic N) is 1. The van der Waals surface area contributed by atoms with Gasteiger partial charge in [0.05, 0.1) is 0 Å². The van der Waals surface area contributed by atoms with Crippen LogP contribution in [0.5, 0.6) is 11.5 Å². The van der Waals surface area contributed by atoms with Crippen LogP contribution in [0.4, 0.5) is 0 Å². The van der Waals surface area contributed by atoms with Crippen LogP contribution in [-0.2, 0) is 22.6 Å². The summed E-state index contributed by atoms with van der Waals surface area (Å²) in [6.45, 7) is 5.38. The third-order valence-electron chi connectivity index (χ3n) is 6.58. The summed E-state index contributed by atoms with van der Waals surface area (Å²) in [5.41, 5.74) is 3.21. The van der Waals surface area contributed by atoms with Crippen LogP contribution in [0.3, 0.4) is 0 Å². The summed E-state index contributed by atoms with van der Waals surface area (Å²) in [7, 11) is 0. The van der Waals surface area contributed by atoms with E-state index in [4.69, 9.17) is 9.47 Å². The maximum absolute atomic E-state index is 13.3. The lowest BCUT2D eigenvalue weighted by atomic mass is 10.1. The Morgan fingerprint density at radius 3 is 2.39 bits per heavy atom. The predicted octanol–water partition coefficient (Wildman–Crippen LogP) is 4.17. The van der Waals surface area contributed by atoms with Crippen LogP contribution in [0, 0.1) is 6.92 Å². The standard InChI is InChI=1S/C27H34N2O4/c1-19-7-9-22(10-8-19)18-29(20(2)27(31)28-23-5-3-4-6-23)26(30)14-12-21-11-13-24-25(17-21)33-16-15-32-24/h7-11,13,17,20,23H,3-6,12,14-16,18H2,1-2H3,(H,28,31)/t20-/m1/s1. The Labute approximate surface area is 196 Å². The largest absolute Gasteiger partial charge is 0.486 e. The van der Waals surface area contributed by atoms with Crippen LogP contribution in [0.1, 0.15) is 55.7 Å². The van der Waals surface area contributed by atoms with E-state index in [0.717, 1.165) is 48.3 Å². The molecule has 6 nitrogen and oxygen atoms in total. The van der Waals surface area contributed by atoms with E-state index in [0.29, 0.717) is 32.6 Å². The van der Waals surface area contributed by atoms with E-state index >= 15 is 0 Å². The number of benzene rings is 2. The number of nitrogens with one attached hydrogen (secondary N) is 1. The lowest BCUT2D eigenvalue weighted by Gasteiger charge is -2.30. The van der Waals surface area contributed by atoms with Crippen molar-refractivity contribution in [1.82, 2.24) is 10.2 Å². The van der Waals surface area contributed by atoms with Crippen molar-refractivity contribution in [1.29, 1.82) is 0 Å². The molecule has 0 spiro atoms. The Balaban J connectivity index is 1.44. The van der Waals surface area contributed by atoms with Gasteiger partial charge in [-0.15, -0.1) is 0 Å². The summed E-state index contributed by atoms with van der Waals surface area (Å²) in [6, 6.07) is 13.6. The quantitative estimate of drug-likeness (QED) is 0.655. The molecule has 2 aromatic carbocycles. The van der Waals surface area contributed by atoms with Gasteiger partial charge in [-0.05, 0) is 56.4 Å². The first-order chi connectivity index (χ1) is 16.0. The minimum Gasteiger partial charge on any atom is -0.486 e. The van der Waals surface area contributed by atoms with Crippen molar-refractivity contribution in [2.24, 2.45) is 0 Å². The van der Waals surface area contributed by atoms with Crippen LogP contribution in [0.25, 0.3) is 0 Å². The zero-order valence-corrected chi connectivity index (χ0v) is 19.6. The van der Waals surface area contributed by atoms with Crippen molar-refractivity contribution in [3.8, 4) is 11.5 Å². The summed E-state index contributed by atoms with van der Waals surface area (Å²) in [4.78, 5) is 28.1. The Hall–Kier alpha value is -3.02. The van der Waals surface area contributed by atoms with Gasteiger partial charge in [-0.2, -0.15) is 0 Å². The summed E-state index contributed by atoms with van der Waals surface area (Å²) in [5, 5.41) is 3.15. The molecule has 4 rings (SSSR count). The fraction of sp³-hybridized carbons (Fsp3) is 0.481. The number of carbonyl (C=O) groups excluding carboxylic acids is 2. The molecule has 0 radical (unpaired) electrons. The first-order valence-corrected chi connectivity index (χ1v) is 12.0. The molecule has 2 aromatic rings. The van der Waals surface area contributed by atoms with E-state index in [1.807, 2.05) is 56.3 Å². The molecule has 0 saturated heterocycles. The average Bonchev–Trinajstić information content (AvgIpc) is 3.34. The molecule has 33 heavy (non-hydrogen) atoms. The van der Waals surface area contributed by atoms with Crippen molar-refractivity contribution < 1.29 is 19.1 Å². The maximum Gasteiger partial charge on any atom is 0.242 e. The van der Waals surface area contributed by atoms with Crippen molar-refractivity contribution in [2.45, 2.75) is 71.0 Å². The lowest BCUT2D eigenvalue weighted by molar-refractivity contribution is -0.140. The third kappa shape index (κ3) is 6.06. The monoisotopic (exact) mass is 450 g/mol. The van der Waals surface area contributed by atoms with E-state index in [-0.39, 0.29) is 17.9 Å². The van der Waals surface area contributed by atoms with Gasteiger partial charge in [-0.1, -0.05) is 48.7 Å². The second kappa shape index (κ2) is 10.7. The van der Waals surface area contributed by atoms with Gasteiger partial charge in [0.25, 0.3) is 0 Å². The Morgan fingerprint density at radius 2 is 1.67 bits per heavy atom. The minimum absolute atomic E-state index is 0.0282. The predicted molar refractivity (Wildman–Crippen MR) is 127 cm³/mol. The van der Waals surface area contributed by atoms with Gasteiger partial charge in [0.2, 0.25) is 11.8 Å². The highest BCUT2D eigenvalue weighted by molar-refractivity contribution is 5.87. The van der Waals surface area contributed by atoms with E-state index in [9.17, 15) is 9.59 Å². The van der Waals surface area contributed by atoms with Gasteiger partial charge in [0.15, 0.2) is 11.5 Å². The molecule has 0 bridgehead atoms. The average molecular weight is 451 g/mol. The molecule has 2 aliphatic rings. The summed E-state index contributed by atoms with van der Waals surface area (Å²) < 4.78 is 11.3. The molecule has 6 heteroatoms. The molecule has 0 aromatic heterocycles. The van der Waals surface area contributed by atoms with E-state index in [1.54, 1.807) is 4.90 Å². The van der Waals surface area contributed by atoms with Crippen LogP contribution in [0.15, 0.2) is 42.5 Å². The highest BCUT2D eigenvalue weighted by atomic mass is 16.6. The van der Waals surface area contributed by atoms with Crippen LogP contribution in [-0.4, -0.2) is 42.0 Å². The maximum atomic E-state index is 13.3. The van der Waals surface area contributed by atoms with Crippen molar-refractivity contribution in [3.05, 3.63) is 59.2 Å². The van der Waals surface area contributed by atoms with E-state index in [1.165, 1.54) is 5.56 Å². The SMILES string of the molecule is Cc1ccc(CN(C(=O)CCc2ccc3c(c2)OCCO3)[C@H](C)C(=O)NC2CCCC2)cc1. The number of amides is 2. The van der Waals surface area contributed by atoms with Crippen LogP contribution >= 0.6 is 0 Å². The number of rotatable bonds is 8. The Bertz CT molecular complexity index is 967. The molecule has 1 aliphatic heterocycles. The third-order valence-corrected chi connectivity index (χ3v) is 6.58. The van der Waals surface area contributed by atoms with Crippen molar-refractivity contribution in [3.63, 3.8) is 0 Å². The van der Waals surface area contributed by atoms with Gasteiger partial charge in [0.1, 0.15) is 19.3 Å². The highest BCUT2D eigenvalue weighted by Gasteiger charge is 2.28. The van der Waals surface area contributed by atoms with Gasteiger partial charge >= 0.3 is 0 Å². The van der Waals surface area contributed by atoms with Crippen LogP contribution < -0.4 is 14.8 Å². The number of carbonyl (C=O) groups is 2. The molecule has 1 fully saturated rings. The van der Waals surface area contributed by atoms with Crippen molar-refractivity contribution in [2.75, 3.05) is 13.2 Å². The fourth-order valence-corrected chi connectivity index (χ4v) is 4.50. The fourth-order valence-electron chi connectivity index (χ4n) is 4.50. The molecule has 1 saturated carbocycles.